The van der Waals surface area contributed by atoms with Crippen molar-refractivity contribution in [1.82, 2.24) is 0 Å². The van der Waals surface area contributed by atoms with Crippen LogP contribution in [0.5, 0.6) is 0 Å². The Morgan fingerprint density at radius 3 is 2.67 bits per heavy atom. The fourth-order valence-electron chi connectivity index (χ4n) is 1.54. The Morgan fingerprint density at radius 1 is 1.47 bits per heavy atom. The molecule has 1 unspecified atom stereocenters. The van der Waals surface area contributed by atoms with Crippen LogP contribution >= 0.6 is 0 Å². The van der Waals surface area contributed by atoms with Gasteiger partial charge in [-0.2, -0.15) is 0 Å². The fraction of sp³-hybridized carbons (Fsp3) is 0.250. The molecule has 0 aliphatic heterocycles. The molecule has 0 spiro atoms. The Bertz CT molecular complexity index is 368. The number of rotatable bonds is 0. The van der Waals surface area contributed by atoms with Crippen LogP contribution in [-0.4, -0.2) is 11.1 Å². The number of fused-ring (bicyclic) bond motifs is 1. The minimum atomic E-state index is -0.833. The van der Waals surface area contributed by atoms with Crippen LogP contribution in [0.4, 0.5) is 0 Å². The molecule has 0 bridgehead atoms. The molecule has 2 nitrogen and oxygen atoms in total. The zero-order chi connectivity index (χ0) is 11.3. The molecule has 0 aromatic heterocycles. The van der Waals surface area contributed by atoms with Crippen LogP contribution in [0.15, 0.2) is 36.4 Å². The molecule has 0 radical (unpaired) electrons. The van der Waals surface area contributed by atoms with E-state index >= 15 is 0 Å². The number of aliphatic carboxylic acids is 1. The molecule has 0 heterocycles. The third-order valence-corrected chi connectivity index (χ3v) is 4.93. The Balaban J connectivity index is 0.000000245. The number of hydrogen-bond donors (Lipinski definition) is 1. The van der Waals surface area contributed by atoms with Crippen LogP contribution in [0.1, 0.15) is 21.5 Å². The van der Waals surface area contributed by atoms with Crippen LogP contribution in [0, 0.1) is 0 Å². The van der Waals surface area contributed by atoms with Gasteiger partial charge in [0.15, 0.2) is 0 Å². The molecule has 1 aromatic carbocycles. The van der Waals surface area contributed by atoms with Crippen molar-refractivity contribution in [2.24, 2.45) is 0 Å². The van der Waals surface area contributed by atoms with Gasteiger partial charge in [0.25, 0.3) is 5.97 Å². The van der Waals surface area contributed by atoms with Gasteiger partial charge >= 0.3 is 83.5 Å². The molecule has 1 aromatic rings. The summed E-state index contributed by atoms with van der Waals surface area (Å²) in [5.74, 6) is -0.833. The average molecular weight is 390 g/mol. The first-order chi connectivity index (χ1) is 7.11. The van der Waals surface area contributed by atoms with Crippen molar-refractivity contribution >= 4 is 5.97 Å². The minimum absolute atomic E-state index is 0.806. The van der Waals surface area contributed by atoms with Gasteiger partial charge < -0.3 is 5.11 Å². The van der Waals surface area contributed by atoms with E-state index in [1.54, 1.807) is 5.56 Å². The van der Waals surface area contributed by atoms with E-state index in [0.29, 0.717) is 0 Å². The Morgan fingerprint density at radius 2 is 2.07 bits per heavy atom. The first kappa shape index (κ1) is 12.4. The summed E-state index contributed by atoms with van der Waals surface area (Å²) < 4.78 is 0.806. The number of carboxylic acid groups (broad SMARTS) is 1. The molecule has 1 aliphatic carbocycles. The quantitative estimate of drug-likeness (QED) is 0.547. The molecular formula is C12H13HgO2. The van der Waals surface area contributed by atoms with Crippen LogP contribution in [-0.2, 0) is 37.3 Å². The number of hydrogen-bond acceptors (Lipinski definition) is 1. The zero-order valence-electron chi connectivity index (χ0n) is 8.81. The van der Waals surface area contributed by atoms with Gasteiger partial charge in [-0.05, 0) is 0 Å². The zero-order valence-corrected chi connectivity index (χ0v) is 14.3. The van der Waals surface area contributed by atoms with Crippen LogP contribution in [0.25, 0.3) is 0 Å². The van der Waals surface area contributed by atoms with E-state index in [0.717, 1.165) is 42.9 Å². The summed E-state index contributed by atoms with van der Waals surface area (Å²) in [4.78, 5) is 9.00. The SMILES string of the molecule is CC(=O)O.[Hg][CH]1C=CCc2ccccc21. The third-order valence-electron chi connectivity index (χ3n) is 2.16. The molecule has 1 atom stereocenters. The Kier molecular flexibility index (Phi) is 5.02. The monoisotopic (exact) mass is 391 g/mol. The molecule has 0 amide bonds. The average Bonchev–Trinajstić information content (AvgIpc) is 2.18. The fourth-order valence-corrected chi connectivity index (χ4v) is 3.84. The summed E-state index contributed by atoms with van der Waals surface area (Å²) in [6, 6.07) is 8.81. The molecule has 15 heavy (non-hydrogen) atoms. The molecule has 75 valence electrons. The first-order valence-corrected chi connectivity index (χ1v) is 8.05. The van der Waals surface area contributed by atoms with Crippen molar-refractivity contribution in [3.05, 3.63) is 47.5 Å². The van der Waals surface area contributed by atoms with Gasteiger partial charge in [0.05, 0.1) is 0 Å². The molecule has 1 aliphatic rings. The van der Waals surface area contributed by atoms with E-state index in [-0.39, 0.29) is 0 Å². The maximum absolute atomic E-state index is 9.00. The molecular weight excluding hydrogens is 377 g/mol. The van der Waals surface area contributed by atoms with Crippen LogP contribution in [0.3, 0.4) is 0 Å². The van der Waals surface area contributed by atoms with Crippen molar-refractivity contribution in [3.8, 4) is 0 Å². The van der Waals surface area contributed by atoms with E-state index < -0.39 is 5.97 Å². The standard InChI is InChI=1S/C10H9.C2H4O2.Hg/c1-2-6-10-8-4-3-7-9(10)5-1;1-2(3)4;/h1-7H,8H2;1H3,(H,3,4);. The summed E-state index contributed by atoms with van der Waals surface area (Å²) >= 11 is 0.839. The first-order valence-electron chi connectivity index (χ1n) is 4.88. The van der Waals surface area contributed by atoms with Gasteiger partial charge in [-0.1, -0.05) is 0 Å². The predicted octanol–water partition coefficient (Wildman–Crippen LogP) is 2.48. The maximum atomic E-state index is 9.00. The molecule has 0 saturated heterocycles. The second kappa shape index (κ2) is 6.06. The van der Waals surface area contributed by atoms with Gasteiger partial charge in [0.1, 0.15) is 0 Å². The normalized spacial score (nSPS) is 17.4. The van der Waals surface area contributed by atoms with E-state index in [4.69, 9.17) is 9.90 Å². The van der Waals surface area contributed by atoms with E-state index in [1.165, 1.54) is 5.56 Å². The molecule has 0 fully saturated rings. The van der Waals surface area contributed by atoms with Crippen molar-refractivity contribution in [1.29, 1.82) is 0 Å². The topological polar surface area (TPSA) is 37.3 Å². The van der Waals surface area contributed by atoms with Crippen molar-refractivity contribution in [2.45, 2.75) is 16.8 Å². The van der Waals surface area contributed by atoms with E-state index in [1.807, 2.05) is 0 Å². The van der Waals surface area contributed by atoms with Gasteiger partial charge in [-0.25, -0.2) is 0 Å². The second-order valence-electron chi connectivity index (χ2n) is 3.46. The molecule has 3 heteroatoms. The summed E-state index contributed by atoms with van der Waals surface area (Å²) in [5, 5.41) is 7.42. The molecule has 1 N–H and O–H groups in total. The summed E-state index contributed by atoms with van der Waals surface area (Å²) in [6.07, 6.45) is 5.81. The van der Waals surface area contributed by atoms with Crippen molar-refractivity contribution in [2.75, 3.05) is 0 Å². The number of carbonyl (C=O) groups is 1. The van der Waals surface area contributed by atoms with Gasteiger partial charge in [0.2, 0.25) is 0 Å². The van der Waals surface area contributed by atoms with Gasteiger partial charge in [0, 0.05) is 6.92 Å². The summed E-state index contributed by atoms with van der Waals surface area (Å²) in [6.45, 7) is 1.08. The summed E-state index contributed by atoms with van der Waals surface area (Å²) in [7, 11) is 0. The molecule has 2 rings (SSSR count). The Labute approximate surface area is 106 Å². The summed E-state index contributed by atoms with van der Waals surface area (Å²) in [5.41, 5.74) is 3.12. The van der Waals surface area contributed by atoms with Gasteiger partial charge in [-0.3, -0.25) is 4.79 Å². The van der Waals surface area contributed by atoms with Crippen molar-refractivity contribution < 1.29 is 36.0 Å². The van der Waals surface area contributed by atoms with Crippen LogP contribution < -0.4 is 0 Å². The van der Waals surface area contributed by atoms with E-state index in [9.17, 15) is 0 Å². The van der Waals surface area contributed by atoms with Crippen LogP contribution in [0.2, 0.25) is 0 Å². The number of carboxylic acids is 1. The van der Waals surface area contributed by atoms with E-state index in [2.05, 4.69) is 36.4 Å². The van der Waals surface area contributed by atoms with Crippen molar-refractivity contribution in [3.63, 3.8) is 0 Å². The Hall–Kier alpha value is -0.635. The van der Waals surface area contributed by atoms with Gasteiger partial charge in [-0.15, -0.1) is 0 Å². The number of benzene rings is 1. The number of allylic oxidation sites excluding steroid dienone is 2. The predicted molar refractivity (Wildman–Crippen MR) is 55.3 cm³/mol. The second-order valence-corrected chi connectivity index (χ2v) is 6.88. The molecule has 0 saturated carbocycles. The third kappa shape index (κ3) is 4.16.